The number of ether oxygens (including phenoxy) is 1. The van der Waals surface area contributed by atoms with Gasteiger partial charge in [0.25, 0.3) is 0 Å². The van der Waals surface area contributed by atoms with Gasteiger partial charge in [0.1, 0.15) is 5.75 Å². The van der Waals surface area contributed by atoms with Crippen LogP contribution in [0, 0.1) is 23.7 Å². The van der Waals surface area contributed by atoms with Crippen molar-refractivity contribution in [3.05, 3.63) is 24.3 Å². The van der Waals surface area contributed by atoms with Crippen LogP contribution in [0.5, 0.6) is 5.75 Å². The van der Waals surface area contributed by atoms with Crippen LogP contribution in [-0.4, -0.2) is 31.4 Å². The smallest absolute Gasteiger partial charge is 0.327 e. The molecule has 0 fully saturated rings. The zero-order valence-corrected chi connectivity index (χ0v) is 14.0. The lowest BCUT2D eigenvalue weighted by molar-refractivity contribution is -0.139. The Morgan fingerprint density at radius 1 is 1.13 bits per heavy atom. The Balaban J connectivity index is 3.53. The second kappa shape index (κ2) is 7.71. The minimum atomic E-state index is -4.19. The molecule has 6 heteroatoms. The average Bonchev–Trinajstić information content (AvgIpc) is 2.54. The predicted octanol–water partition coefficient (Wildman–Crippen LogP) is 2.12. The van der Waals surface area contributed by atoms with E-state index in [2.05, 4.69) is 23.7 Å². The summed E-state index contributed by atoms with van der Waals surface area (Å²) in [6.45, 7) is 3.05. The summed E-state index contributed by atoms with van der Waals surface area (Å²) in [4.78, 5) is 11.7. The summed E-state index contributed by atoms with van der Waals surface area (Å²) in [5, 5.41) is 9.64. The molecule has 0 amide bonds. The Labute approximate surface area is 136 Å². The molecule has 0 saturated heterocycles. The molecule has 1 aromatic rings. The summed E-state index contributed by atoms with van der Waals surface area (Å²) in [7, 11) is -2.73. The first-order valence-electron chi connectivity index (χ1n) is 6.77. The molecule has 122 valence electrons. The van der Waals surface area contributed by atoms with E-state index in [0.717, 1.165) is 0 Å². The van der Waals surface area contributed by atoms with Gasteiger partial charge in [-0.3, -0.25) is 4.79 Å². The van der Waals surface area contributed by atoms with Gasteiger partial charge in [-0.25, -0.2) is 8.42 Å². The molecule has 0 atom stereocenters. The minimum absolute atomic E-state index is 0.100. The first kappa shape index (κ1) is 18.6. The van der Waals surface area contributed by atoms with Crippen molar-refractivity contribution in [3.8, 4) is 29.4 Å². The SMILES string of the molecule is CC#CCC(CC#CC)(C(=O)O)S(=O)(=O)c1ccc(OC)cc1. The maximum Gasteiger partial charge on any atom is 0.327 e. The first-order valence-corrected chi connectivity index (χ1v) is 8.25. The minimum Gasteiger partial charge on any atom is -0.497 e. The molecule has 0 heterocycles. The number of carboxylic acids is 1. The maximum absolute atomic E-state index is 12.9. The van der Waals surface area contributed by atoms with Gasteiger partial charge in [0.15, 0.2) is 14.6 Å². The quantitative estimate of drug-likeness (QED) is 0.806. The monoisotopic (exact) mass is 334 g/mol. The zero-order valence-electron chi connectivity index (χ0n) is 13.2. The van der Waals surface area contributed by atoms with Crippen molar-refractivity contribution in [2.24, 2.45) is 0 Å². The van der Waals surface area contributed by atoms with Gasteiger partial charge in [-0.15, -0.1) is 23.7 Å². The molecule has 1 aromatic carbocycles. The van der Waals surface area contributed by atoms with E-state index in [0.29, 0.717) is 5.75 Å². The topological polar surface area (TPSA) is 80.7 Å². The number of hydrogen-bond donors (Lipinski definition) is 1. The molecule has 0 aliphatic heterocycles. The second-order valence-corrected chi connectivity index (χ2v) is 6.95. The van der Waals surface area contributed by atoms with Crippen LogP contribution < -0.4 is 4.74 Å². The van der Waals surface area contributed by atoms with Crippen LogP contribution in [-0.2, 0) is 14.6 Å². The maximum atomic E-state index is 12.9. The summed E-state index contributed by atoms with van der Waals surface area (Å²) < 4.78 is 28.8. The predicted molar refractivity (Wildman–Crippen MR) is 86.7 cm³/mol. The van der Waals surface area contributed by atoms with Crippen LogP contribution in [0.15, 0.2) is 29.2 Å². The summed E-state index contributed by atoms with van der Waals surface area (Å²) in [5.41, 5.74) is 0. The fourth-order valence-electron chi connectivity index (χ4n) is 1.96. The lowest BCUT2D eigenvalue weighted by Crippen LogP contribution is -2.46. The Morgan fingerprint density at radius 2 is 1.61 bits per heavy atom. The molecule has 0 aromatic heterocycles. The van der Waals surface area contributed by atoms with Gasteiger partial charge in [-0.2, -0.15) is 0 Å². The van der Waals surface area contributed by atoms with Crippen molar-refractivity contribution in [3.63, 3.8) is 0 Å². The lowest BCUT2D eigenvalue weighted by atomic mass is 10.0. The van der Waals surface area contributed by atoms with Gasteiger partial charge in [0.05, 0.1) is 12.0 Å². The van der Waals surface area contributed by atoms with E-state index in [1.54, 1.807) is 0 Å². The molecule has 0 aliphatic rings. The first-order chi connectivity index (χ1) is 10.9. The highest BCUT2D eigenvalue weighted by Crippen LogP contribution is 2.33. The Kier molecular flexibility index (Phi) is 6.24. The van der Waals surface area contributed by atoms with Gasteiger partial charge in [-0.05, 0) is 38.1 Å². The molecule has 0 radical (unpaired) electrons. The third kappa shape index (κ3) is 3.67. The molecule has 1 N–H and O–H groups in total. The second-order valence-electron chi connectivity index (χ2n) is 4.69. The van der Waals surface area contributed by atoms with Gasteiger partial charge in [-0.1, -0.05) is 0 Å². The van der Waals surface area contributed by atoms with Crippen molar-refractivity contribution in [1.29, 1.82) is 0 Å². The highest BCUT2D eigenvalue weighted by Gasteiger charge is 2.51. The van der Waals surface area contributed by atoms with E-state index >= 15 is 0 Å². The molecule has 0 saturated carbocycles. The van der Waals surface area contributed by atoms with E-state index < -0.39 is 20.6 Å². The number of rotatable bonds is 6. The summed E-state index contributed by atoms with van der Waals surface area (Å²) in [6, 6.07) is 5.59. The van der Waals surface area contributed by atoms with Crippen molar-refractivity contribution in [2.45, 2.75) is 36.3 Å². The number of benzene rings is 1. The fraction of sp³-hybridized carbons (Fsp3) is 0.353. The molecule has 23 heavy (non-hydrogen) atoms. The lowest BCUT2D eigenvalue weighted by Gasteiger charge is -2.25. The van der Waals surface area contributed by atoms with Crippen LogP contribution in [0.2, 0.25) is 0 Å². The number of hydrogen-bond acceptors (Lipinski definition) is 4. The van der Waals surface area contributed by atoms with Gasteiger partial charge in [0.2, 0.25) is 0 Å². The van der Waals surface area contributed by atoms with Gasteiger partial charge >= 0.3 is 5.97 Å². The highest BCUT2D eigenvalue weighted by molar-refractivity contribution is 7.93. The number of aliphatic carboxylic acids is 1. The van der Waals surface area contributed by atoms with Crippen LogP contribution in [0.1, 0.15) is 26.7 Å². The summed E-state index contributed by atoms with van der Waals surface area (Å²) >= 11 is 0. The van der Waals surface area contributed by atoms with E-state index in [-0.39, 0.29) is 17.7 Å². The van der Waals surface area contributed by atoms with Crippen molar-refractivity contribution in [2.75, 3.05) is 7.11 Å². The number of sulfone groups is 1. The zero-order chi connectivity index (χ0) is 17.5. The molecule has 5 nitrogen and oxygen atoms in total. The van der Waals surface area contributed by atoms with Gasteiger partial charge < -0.3 is 9.84 Å². The molecule has 0 spiro atoms. The largest absolute Gasteiger partial charge is 0.497 e. The van der Waals surface area contributed by atoms with Crippen LogP contribution in [0.3, 0.4) is 0 Å². The van der Waals surface area contributed by atoms with E-state index in [4.69, 9.17) is 4.74 Å². The summed E-state index contributed by atoms with van der Waals surface area (Å²) in [6.07, 6.45) is -0.663. The van der Waals surface area contributed by atoms with Crippen molar-refractivity contribution >= 4 is 15.8 Å². The molecular weight excluding hydrogens is 316 g/mol. The van der Waals surface area contributed by atoms with Crippen molar-refractivity contribution < 1.29 is 23.1 Å². The molecule has 0 bridgehead atoms. The van der Waals surface area contributed by atoms with E-state index in [9.17, 15) is 18.3 Å². The van der Waals surface area contributed by atoms with E-state index in [1.165, 1.54) is 45.2 Å². The summed E-state index contributed by atoms with van der Waals surface area (Å²) in [5.74, 6) is 9.27. The third-order valence-corrected chi connectivity index (χ3v) is 5.76. The fourth-order valence-corrected chi connectivity index (χ4v) is 3.66. The van der Waals surface area contributed by atoms with Crippen molar-refractivity contribution in [1.82, 2.24) is 0 Å². The Bertz CT molecular complexity index is 761. The van der Waals surface area contributed by atoms with Gasteiger partial charge in [0, 0.05) is 12.8 Å². The average molecular weight is 334 g/mol. The Hall–Kier alpha value is -2.44. The normalized spacial score (nSPS) is 10.7. The molecule has 0 aliphatic carbocycles. The molecular formula is C17H18O5S. The molecule has 1 rings (SSSR count). The standard InChI is InChI=1S/C17H18O5S/c1-4-6-12-17(16(18)19,13-7-5-2)23(20,21)15-10-8-14(22-3)9-11-15/h8-11H,12-13H2,1-3H3,(H,18,19). The van der Waals surface area contributed by atoms with Crippen LogP contribution in [0.4, 0.5) is 0 Å². The Morgan fingerprint density at radius 3 is 1.96 bits per heavy atom. The molecule has 0 unspecified atom stereocenters. The highest BCUT2D eigenvalue weighted by atomic mass is 32.2. The third-order valence-electron chi connectivity index (χ3n) is 3.38. The number of carbonyl (C=O) groups is 1. The van der Waals surface area contributed by atoms with Crippen LogP contribution in [0.25, 0.3) is 0 Å². The van der Waals surface area contributed by atoms with Crippen LogP contribution >= 0.6 is 0 Å². The number of carboxylic acid groups (broad SMARTS) is 1. The number of methoxy groups -OCH3 is 1. The van der Waals surface area contributed by atoms with E-state index in [1.807, 2.05) is 0 Å².